The smallest absolute Gasteiger partial charge is 0.293 e. The Morgan fingerprint density at radius 1 is 1.52 bits per heavy atom. The lowest BCUT2D eigenvalue weighted by Crippen LogP contribution is -2.34. The van der Waals surface area contributed by atoms with Crippen LogP contribution in [0.25, 0.3) is 0 Å². The van der Waals surface area contributed by atoms with Gasteiger partial charge in [-0.25, -0.2) is 0 Å². The second-order valence-corrected chi connectivity index (χ2v) is 5.22. The number of hydrogen-bond acceptors (Lipinski definition) is 5. The first-order valence-electron chi connectivity index (χ1n) is 7.14. The summed E-state index contributed by atoms with van der Waals surface area (Å²) in [6, 6.07) is 4.56. The number of hydrogen-bond donors (Lipinski definition) is 2. The molecular formula is C14H20N4O3. The van der Waals surface area contributed by atoms with Crippen molar-refractivity contribution in [2.24, 2.45) is 5.84 Å². The predicted octanol–water partition coefficient (Wildman–Crippen LogP) is 2.29. The number of anilines is 1. The molecule has 0 atom stereocenters. The molecule has 3 N–H and O–H groups in total. The number of benzene rings is 1. The summed E-state index contributed by atoms with van der Waals surface area (Å²) >= 11 is 0. The minimum atomic E-state index is -0.529. The lowest BCUT2D eigenvalue weighted by molar-refractivity contribution is -0.384. The monoisotopic (exact) mass is 292 g/mol. The van der Waals surface area contributed by atoms with Gasteiger partial charge >= 0.3 is 0 Å². The molecule has 1 amide bonds. The summed E-state index contributed by atoms with van der Waals surface area (Å²) in [5.41, 5.74) is 2.73. The van der Waals surface area contributed by atoms with E-state index in [1.807, 2.05) is 4.90 Å². The average molecular weight is 292 g/mol. The molecule has 0 heterocycles. The summed E-state index contributed by atoms with van der Waals surface area (Å²) < 4.78 is 0. The van der Waals surface area contributed by atoms with Crippen LogP contribution in [0.1, 0.15) is 43.0 Å². The highest BCUT2D eigenvalue weighted by Gasteiger charge is 2.33. The SMILES string of the molecule is CCCCN(C(=O)c1ccc([N+](=O)[O-])c(NN)c1)C1CC1. The van der Waals surface area contributed by atoms with E-state index in [0.717, 1.165) is 32.2 Å². The van der Waals surface area contributed by atoms with Crippen molar-refractivity contribution in [3.8, 4) is 0 Å². The van der Waals surface area contributed by atoms with E-state index in [2.05, 4.69) is 12.3 Å². The van der Waals surface area contributed by atoms with Gasteiger partial charge in [0.15, 0.2) is 0 Å². The normalized spacial score (nSPS) is 13.8. The number of nitro benzene ring substituents is 1. The molecule has 1 saturated carbocycles. The second kappa shape index (κ2) is 6.53. The molecule has 0 unspecified atom stereocenters. The summed E-state index contributed by atoms with van der Waals surface area (Å²) in [4.78, 5) is 24.8. The third kappa shape index (κ3) is 3.49. The molecule has 0 bridgehead atoms. The molecule has 0 radical (unpaired) electrons. The Bertz CT molecular complexity index is 543. The van der Waals surface area contributed by atoms with Gasteiger partial charge in [0.2, 0.25) is 0 Å². The van der Waals surface area contributed by atoms with E-state index < -0.39 is 4.92 Å². The zero-order valence-corrected chi connectivity index (χ0v) is 12.0. The largest absolute Gasteiger partial charge is 0.336 e. The van der Waals surface area contributed by atoms with Crippen LogP contribution in [0, 0.1) is 10.1 Å². The van der Waals surface area contributed by atoms with Gasteiger partial charge in [-0.3, -0.25) is 20.8 Å². The number of nitrogens with one attached hydrogen (secondary N) is 1. The number of unbranched alkanes of at least 4 members (excludes halogenated alkanes) is 1. The Kier molecular flexibility index (Phi) is 4.74. The molecule has 0 aliphatic heterocycles. The van der Waals surface area contributed by atoms with E-state index in [0.29, 0.717) is 11.6 Å². The average Bonchev–Trinajstić information content (AvgIpc) is 3.31. The Morgan fingerprint density at radius 3 is 2.76 bits per heavy atom. The summed E-state index contributed by atoms with van der Waals surface area (Å²) in [5.74, 6) is 5.22. The molecule has 1 aliphatic carbocycles. The van der Waals surface area contributed by atoms with Gasteiger partial charge in [0.1, 0.15) is 5.69 Å². The highest BCUT2D eigenvalue weighted by atomic mass is 16.6. The Balaban J connectivity index is 2.23. The topological polar surface area (TPSA) is 102 Å². The van der Waals surface area contributed by atoms with Gasteiger partial charge in [-0.2, -0.15) is 0 Å². The van der Waals surface area contributed by atoms with Crippen molar-refractivity contribution in [1.29, 1.82) is 0 Å². The molecule has 1 aromatic carbocycles. The fourth-order valence-corrected chi connectivity index (χ4v) is 2.27. The van der Waals surface area contributed by atoms with Crippen LogP contribution in [0.15, 0.2) is 18.2 Å². The van der Waals surface area contributed by atoms with Crippen molar-refractivity contribution in [2.45, 2.75) is 38.6 Å². The van der Waals surface area contributed by atoms with E-state index >= 15 is 0 Å². The minimum absolute atomic E-state index is 0.0858. The van der Waals surface area contributed by atoms with Crippen molar-refractivity contribution in [1.82, 2.24) is 4.90 Å². The van der Waals surface area contributed by atoms with Gasteiger partial charge < -0.3 is 10.3 Å². The quantitative estimate of drug-likeness (QED) is 0.456. The van der Waals surface area contributed by atoms with Crippen LogP contribution in [0.2, 0.25) is 0 Å². The zero-order chi connectivity index (χ0) is 15.4. The second-order valence-electron chi connectivity index (χ2n) is 5.22. The van der Waals surface area contributed by atoms with Gasteiger partial charge in [-0.05, 0) is 31.4 Å². The molecule has 7 nitrogen and oxygen atoms in total. The van der Waals surface area contributed by atoms with Gasteiger partial charge in [-0.1, -0.05) is 13.3 Å². The van der Waals surface area contributed by atoms with Crippen LogP contribution in [-0.2, 0) is 0 Å². The molecule has 21 heavy (non-hydrogen) atoms. The lowest BCUT2D eigenvalue weighted by Gasteiger charge is -2.22. The summed E-state index contributed by atoms with van der Waals surface area (Å²) in [5, 5.41) is 10.9. The van der Waals surface area contributed by atoms with Crippen molar-refractivity contribution < 1.29 is 9.72 Å². The van der Waals surface area contributed by atoms with E-state index in [1.54, 1.807) is 0 Å². The van der Waals surface area contributed by atoms with Crippen LogP contribution in [0.5, 0.6) is 0 Å². The molecule has 1 fully saturated rings. The molecule has 7 heteroatoms. The van der Waals surface area contributed by atoms with Crippen molar-refractivity contribution in [3.05, 3.63) is 33.9 Å². The Labute approximate surface area is 123 Å². The first-order chi connectivity index (χ1) is 10.1. The van der Waals surface area contributed by atoms with Gasteiger partial charge in [-0.15, -0.1) is 0 Å². The predicted molar refractivity (Wildman–Crippen MR) is 79.9 cm³/mol. The van der Waals surface area contributed by atoms with E-state index in [1.165, 1.54) is 18.2 Å². The fraction of sp³-hybridized carbons (Fsp3) is 0.500. The third-order valence-corrected chi connectivity index (χ3v) is 3.60. The van der Waals surface area contributed by atoms with Crippen LogP contribution in [-0.4, -0.2) is 28.3 Å². The maximum absolute atomic E-state index is 12.6. The van der Waals surface area contributed by atoms with Crippen LogP contribution < -0.4 is 11.3 Å². The number of amides is 1. The number of nitrogens with zero attached hydrogens (tertiary/aromatic N) is 2. The van der Waals surface area contributed by atoms with Gasteiger partial charge in [0.25, 0.3) is 11.6 Å². The molecule has 0 spiro atoms. The number of carbonyl (C=O) groups excluding carboxylic acids is 1. The number of nitrogen functional groups attached to an aromatic ring is 1. The highest BCUT2D eigenvalue weighted by Crippen LogP contribution is 2.30. The summed E-state index contributed by atoms with van der Waals surface area (Å²) in [7, 11) is 0. The maximum atomic E-state index is 12.6. The van der Waals surface area contributed by atoms with Crippen LogP contribution in [0.3, 0.4) is 0 Å². The zero-order valence-electron chi connectivity index (χ0n) is 12.0. The maximum Gasteiger partial charge on any atom is 0.293 e. The molecule has 2 rings (SSSR count). The van der Waals surface area contributed by atoms with E-state index in [9.17, 15) is 14.9 Å². The molecule has 1 aromatic rings. The van der Waals surface area contributed by atoms with Crippen LogP contribution in [0.4, 0.5) is 11.4 Å². The molecule has 114 valence electrons. The Morgan fingerprint density at radius 2 is 2.24 bits per heavy atom. The van der Waals surface area contributed by atoms with Gasteiger partial charge in [0.05, 0.1) is 4.92 Å². The highest BCUT2D eigenvalue weighted by molar-refractivity contribution is 5.96. The van der Waals surface area contributed by atoms with Crippen molar-refractivity contribution in [3.63, 3.8) is 0 Å². The van der Waals surface area contributed by atoms with E-state index in [4.69, 9.17) is 5.84 Å². The number of nitro groups is 1. The molecular weight excluding hydrogens is 272 g/mol. The minimum Gasteiger partial charge on any atom is -0.336 e. The van der Waals surface area contributed by atoms with Crippen molar-refractivity contribution >= 4 is 17.3 Å². The van der Waals surface area contributed by atoms with E-state index in [-0.39, 0.29) is 17.3 Å². The number of nitrogens with two attached hydrogens (primary N) is 1. The molecule has 0 saturated heterocycles. The Hall–Kier alpha value is -2.15. The number of carbonyl (C=O) groups is 1. The molecule has 0 aromatic heterocycles. The first kappa shape index (κ1) is 15.2. The first-order valence-corrected chi connectivity index (χ1v) is 7.14. The third-order valence-electron chi connectivity index (χ3n) is 3.60. The molecule has 1 aliphatic rings. The van der Waals surface area contributed by atoms with Crippen molar-refractivity contribution in [2.75, 3.05) is 12.0 Å². The summed E-state index contributed by atoms with van der Waals surface area (Å²) in [6.45, 7) is 2.81. The summed E-state index contributed by atoms with van der Waals surface area (Å²) in [6.07, 6.45) is 4.04. The fourth-order valence-electron chi connectivity index (χ4n) is 2.27. The van der Waals surface area contributed by atoms with Crippen LogP contribution >= 0.6 is 0 Å². The lowest BCUT2D eigenvalue weighted by atomic mass is 10.1. The van der Waals surface area contributed by atoms with Gasteiger partial charge in [0, 0.05) is 24.2 Å². The standard InChI is InChI=1S/C14H20N4O3/c1-2-3-8-17(11-5-6-11)14(19)10-4-7-13(18(20)21)12(9-10)16-15/h4,7,9,11,16H,2-3,5-6,8,15H2,1H3. The number of rotatable bonds is 7. The number of hydrazine groups is 1.